The Kier molecular flexibility index (Phi) is 19.0. The fraction of sp³-hybridized carbons (Fsp3) is 0.217. The topological polar surface area (TPSA) is 197 Å². The van der Waals surface area contributed by atoms with Gasteiger partial charge in [-0.15, -0.1) is 22.7 Å². The number of fused-ring (bicyclic) bond motifs is 2. The van der Waals surface area contributed by atoms with E-state index in [-0.39, 0.29) is 40.9 Å². The maximum Gasteiger partial charge on any atom is 0.265 e. The fourth-order valence-electron chi connectivity index (χ4n) is 10.1. The second-order valence-corrected chi connectivity index (χ2v) is 30.9. The number of hydrogen-bond acceptors (Lipinski definition) is 14. The summed E-state index contributed by atoms with van der Waals surface area (Å²) >= 11 is 29.0. The van der Waals surface area contributed by atoms with Gasteiger partial charge in [0.05, 0.1) is 41.4 Å². The third kappa shape index (κ3) is 14.6. The van der Waals surface area contributed by atoms with E-state index in [0.29, 0.717) is 84.0 Å². The average Bonchev–Trinajstić information content (AvgIpc) is 1.79. The molecule has 12 rings (SSSR count). The molecule has 1 fully saturated rings. The zero-order valence-corrected chi connectivity index (χ0v) is 56.5. The Labute approximate surface area is 555 Å². The molecule has 11 aromatic rings. The standard InChI is InChI=1S/C38H34Cl2N2O5S2.C31H26Cl2N2O5S2/c1-22(2)36-29(35(41-47-36)34-30(39)10-7-11-31(34)40)21-46-27-15-12-24-19-32(48-33(24)20-27)23-8-6-9-25(18-23)37(43)42-49(44,45)28-16-13-26(14-17-28)38(3,4)5;1-17(2)30-23(29(34-40-30)28-24(32)7-4-8-25(28)33)16-39-21-10-9-19-14-26(41-27(19)15-21)18-5-3-6-20(13-18)31(36)35-42(37,38)22-11-12-22/h6-20,22H,21H2,1-5H3,(H,42,43);3-10,13-15,17,22H,11-12,16H2,1-2H3,(H,35,36). The molecule has 468 valence electrons. The lowest BCUT2D eigenvalue weighted by atomic mass is 9.87. The van der Waals surface area contributed by atoms with Crippen molar-refractivity contribution in [3.8, 4) is 54.9 Å². The minimum absolute atomic E-state index is 0.0286. The van der Waals surface area contributed by atoms with Gasteiger partial charge >= 0.3 is 0 Å². The summed E-state index contributed by atoms with van der Waals surface area (Å²) in [6.07, 6.45) is 1.18. The van der Waals surface area contributed by atoms with Crippen LogP contribution in [0.2, 0.25) is 20.1 Å². The predicted octanol–water partition coefficient (Wildman–Crippen LogP) is 19.1. The van der Waals surface area contributed by atoms with Gasteiger partial charge in [-0.1, -0.05) is 154 Å². The molecular weight excluding hydrogens is 1310 g/mol. The fourth-order valence-corrected chi connectivity index (χ4v) is 15.7. The van der Waals surface area contributed by atoms with Crippen molar-refractivity contribution in [2.24, 2.45) is 0 Å². The van der Waals surface area contributed by atoms with Crippen LogP contribution in [0.1, 0.15) is 122 Å². The summed E-state index contributed by atoms with van der Waals surface area (Å²) in [5, 5.41) is 12.1. The molecule has 4 aromatic heterocycles. The molecule has 0 bridgehead atoms. The molecule has 4 heterocycles. The lowest BCUT2D eigenvalue weighted by Gasteiger charge is -2.19. The number of amides is 2. The first-order valence-corrected chi connectivity index (χ1v) is 35.1. The van der Waals surface area contributed by atoms with E-state index in [4.69, 9.17) is 64.9 Å². The second-order valence-electron chi connectivity index (χ2n) is 23.5. The highest BCUT2D eigenvalue weighted by atomic mass is 35.5. The van der Waals surface area contributed by atoms with E-state index in [9.17, 15) is 26.4 Å². The highest BCUT2D eigenvalue weighted by Crippen LogP contribution is 2.43. The second kappa shape index (κ2) is 26.6. The number of nitrogens with one attached hydrogen (secondary N) is 2. The van der Waals surface area contributed by atoms with Gasteiger partial charge in [-0.05, 0) is 155 Å². The molecule has 0 unspecified atom stereocenters. The Morgan fingerprint density at radius 3 is 1.38 bits per heavy atom. The van der Waals surface area contributed by atoms with E-state index in [1.807, 2.05) is 109 Å². The normalized spacial score (nSPS) is 12.8. The SMILES string of the molecule is CC(C)c1onc(-c2c(Cl)cccc2Cl)c1COc1ccc2cc(-c3cccc(C(=O)NS(=O)(=O)C4CC4)c3)sc2c1.CC(C)c1onc(-c2c(Cl)cccc2Cl)c1COc1ccc2cc(-c3cccc(C(=O)NS(=O)(=O)c4ccc(C(C)(C)C)cc4)c3)sc2c1. The molecule has 0 aliphatic heterocycles. The zero-order valence-electron chi connectivity index (χ0n) is 50.2. The Morgan fingerprint density at radius 1 is 0.560 bits per heavy atom. The molecule has 0 spiro atoms. The minimum atomic E-state index is -4.06. The van der Waals surface area contributed by atoms with E-state index in [0.717, 1.165) is 57.7 Å². The summed E-state index contributed by atoms with van der Waals surface area (Å²) < 4.78 is 80.8. The maximum atomic E-state index is 13.1. The number of sulfonamides is 2. The number of aromatic nitrogens is 2. The summed E-state index contributed by atoms with van der Waals surface area (Å²) in [6, 6.07) is 46.8. The highest BCUT2D eigenvalue weighted by Gasteiger charge is 2.37. The van der Waals surface area contributed by atoms with Crippen molar-refractivity contribution in [3.63, 3.8) is 0 Å². The Balaban J connectivity index is 0.000000189. The smallest absolute Gasteiger partial charge is 0.265 e. The first kappa shape index (κ1) is 65.0. The monoisotopic (exact) mass is 1370 g/mol. The van der Waals surface area contributed by atoms with Gasteiger partial charge < -0.3 is 18.5 Å². The Hall–Kier alpha value is -7.52. The van der Waals surface area contributed by atoms with Crippen molar-refractivity contribution < 1.29 is 44.9 Å². The van der Waals surface area contributed by atoms with Crippen LogP contribution in [0.3, 0.4) is 0 Å². The molecule has 22 heteroatoms. The lowest BCUT2D eigenvalue weighted by molar-refractivity contribution is 0.0972. The van der Waals surface area contributed by atoms with Gasteiger partial charge in [0.15, 0.2) is 0 Å². The van der Waals surface area contributed by atoms with Gasteiger partial charge in [0, 0.05) is 53.2 Å². The number of hydrogen-bond donors (Lipinski definition) is 2. The third-order valence-corrected chi connectivity index (χ3v) is 21.8. The molecule has 2 N–H and O–H groups in total. The molecule has 0 atom stereocenters. The van der Waals surface area contributed by atoms with Crippen LogP contribution < -0.4 is 18.9 Å². The summed E-state index contributed by atoms with van der Waals surface area (Å²) in [5.74, 6) is 1.53. The predicted molar refractivity (Wildman–Crippen MR) is 364 cm³/mol. The molecule has 1 saturated carbocycles. The van der Waals surface area contributed by atoms with E-state index in [1.54, 1.807) is 96.3 Å². The number of nitrogens with zero attached hydrogens (tertiary/aromatic N) is 2. The van der Waals surface area contributed by atoms with Gasteiger partial charge in [-0.2, -0.15) is 0 Å². The molecule has 0 saturated heterocycles. The van der Waals surface area contributed by atoms with Crippen LogP contribution in [0, 0.1) is 0 Å². The van der Waals surface area contributed by atoms with E-state index in [1.165, 1.54) is 23.5 Å². The van der Waals surface area contributed by atoms with Crippen molar-refractivity contribution in [2.45, 2.75) is 102 Å². The number of benzene rings is 7. The molecule has 0 radical (unpaired) electrons. The first-order chi connectivity index (χ1) is 43.3. The van der Waals surface area contributed by atoms with Gasteiger partial charge in [0.25, 0.3) is 21.8 Å². The quantitative estimate of drug-likeness (QED) is 0.0826. The first-order valence-electron chi connectivity index (χ1n) is 28.9. The van der Waals surface area contributed by atoms with Crippen molar-refractivity contribution in [2.75, 3.05) is 0 Å². The molecule has 7 aromatic carbocycles. The van der Waals surface area contributed by atoms with E-state index < -0.39 is 37.1 Å². The maximum absolute atomic E-state index is 13.1. The summed E-state index contributed by atoms with van der Waals surface area (Å²) in [4.78, 5) is 27.7. The Morgan fingerprint density at radius 2 is 0.978 bits per heavy atom. The molecule has 1 aliphatic rings. The average molecular weight is 1380 g/mol. The number of carbonyl (C=O) groups excluding carboxylic acids is 2. The summed E-state index contributed by atoms with van der Waals surface area (Å²) in [7, 11) is -7.68. The van der Waals surface area contributed by atoms with E-state index >= 15 is 0 Å². The van der Waals surface area contributed by atoms with Crippen LogP contribution in [-0.4, -0.2) is 44.2 Å². The van der Waals surface area contributed by atoms with Crippen LogP contribution in [0.25, 0.3) is 63.6 Å². The number of ether oxygens (including phenoxy) is 2. The van der Waals surface area contributed by atoms with Crippen LogP contribution in [0.4, 0.5) is 0 Å². The number of carbonyl (C=O) groups is 2. The zero-order chi connectivity index (χ0) is 64.7. The molecule has 2 amide bonds. The lowest BCUT2D eigenvalue weighted by Crippen LogP contribution is -2.33. The number of thiophene rings is 2. The van der Waals surface area contributed by atoms with Crippen molar-refractivity contribution in [3.05, 3.63) is 217 Å². The van der Waals surface area contributed by atoms with Crippen LogP contribution in [-0.2, 0) is 38.7 Å². The summed E-state index contributed by atoms with van der Waals surface area (Å²) in [5.41, 5.74) is 6.88. The third-order valence-electron chi connectivity index (χ3n) is 15.1. The highest BCUT2D eigenvalue weighted by molar-refractivity contribution is 7.91. The molecule has 1 aliphatic carbocycles. The number of rotatable bonds is 18. The van der Waals surface area contributed by atoms with Gasteiger partial charge in [-0.3, -0.25) is 9.59 Å². The van der Waals surface area contributed by atoms with Gasteiger partial charge in [0.1, 0.15) is 47.6 Å². The van der Waals surface area contributed by atoms with Crippen molar-refractivity contribution >= 4 is 121 Å². The minimum Gasteiger partial charge on any atom is -0.489 e. The van der Waals surface area contributed by atoms with Crippen molar-refractivity contribution in [1.29, 1.82) is 0 Å². The van der Waals surface area contributed by atoms with Crippen molar-refractivity contribution in [1.82, 2.24) is 19.8 Å². The molecule has 14 nitrogen and oxygen atoms in total. The Bertz CT molecular complexity index is 4770. The summed E-state index contributed by atoms with van der Waals surface area (Å²) in [6.45, 7) is 14.6. The van der Waals surface area contributed by atoms with Gasteiger partial charge in [-0.25, -0.2) is 26.3 Å². The number of halogens is 4. The van der Waals surface area contributed by atoms with Crippen LogP contribution in [0.15, 0.2) is 172 Å². The van der Waals surface area contributed by atoms with Gasteiger partial charge in [0.2, 0.25) is 10.0 Å². The van der Waals surface area contributed by atoms with E-state index in [2.05, 4.69) is 19.8 Å². The van der Waals surface area contributed by atoms with Crippen LogP contribution >= 0.6 is 69.1 Å². The molecular formula is C69H60Cl4N4O10S4. The van der Waals surface area contributed by atoms with Crippen LogP contribution in [0.5, 0.6) is 11.5 Å². The largest absolute Gasteiger partial charge is 0.489 e. The molecule has 91 heavy (non-hydrogen) atoms.